The van der Waals surface area contributed by atoms with Crippen molar-refractivity contribution >= 4 is 51.7 Å². The lowest BCUT2D eigenvalue weighted by Crippen LogP contribution is -2.13. The number of methoxy groups -OCH3 is 1. The lowest BCUT2D eigenvalue weighted by atomic mass is 10.1. The highest BCUT2D eigenvalue weighted by Gasteiger charge is 2.14. The van der Waals surface area contributed by atoms with E-state index in [2.05, 4.69) is 10.3 Å². The van der Waals surface area contributed by atoms with Gasteiger partial charge in [-0.25, -0.2) is 4.98 Å². The van der Waals surface area contributed by atoms with Gasteiger partial charge in [0.15, 0.2) is 16.6 Å². The number of anilines is 1. The predicted molar refractivity (Wildman–Crippen MR) is 147 cm³/mol. The molecule has 4 rings (SSSR count). The average molecular weight is 550 g/mol. The van der Waals surface area contributed by atoms with Crippen molar-refractivity contribution in [3.63, 3.8) is 0 Å². The monoisotopic (exact) mass is 549 g/mol. The molecule has 0 aliphatic heterocycles. The Bertz CT molecular complexity index is 1480. The fraction of sp³-hybridized carbons (Fsp3) is 0.107. The second-order valence-corrected chi connectivity index (χ2v) is 9.80. The topological polar surface area (TPSA) is 84.2 Å². The molecule has 3 aromatic carbocycles. The van der Waals surface area contributed by atoms with Crippen LogP contribution in [0.1, 0.15) is 21.6 Å². The summed E-state index contributed by atoms with van der Waals surface area (Å²) in [7, 11) is 1.54. The van der Waals surface area contributed by atoms with Crippen molar-refractivity contribution in [1.82, 2.24) is 4.98 Å². The molecule has 1 N–H and O–H groups in total. The van der Waals surface area contributed by atoms with Gasteiger partial charge in [-0.2, -0.15) is 5.26 Å². The molecule has 1 heterocycles. The van der Waals surface area contributed by atoms with E-state index < -0.39 is 5.91 Å². The minimum Gasteiger partial charge on any atom is -0.493 e. The Kier molecular flexibility index (Phi) is 8.81. The first-order valence-electron chi connectivity index (χ1n) is 11.1. The van der Waals surface area contributed by atoms with Gasteiger partial charge < -0.3 is 9.47 Å². The van der Waals surface area contributed by atoms with Crippen LogP contribution in [0.15, 0.2) is 78.5 Å². The van der Waals surface area contributed by atoms with Crippen LogP contribution in [-0.2, 0) is 17.8 Å². The van der Waals surface area contributed by atoms with E-state index in [0.29, 0.717) is 45.3 Å². The minimum absolute atomic E-state index is 0.0683. The number of aromatic nitrogens is 1. The number of hydrogen-bond acceptors (Lipinski definition) is 6. The van der Waals surface area contributed by atoms with Crippen LogP contribution < -0.4 is 14.8 Å². The van der Waals surface area contributed by atoms with Gasteiger partial charge in [0.2, 0.25) is 0 Å². The molecule has 0 saturated heterocycles. The lowest BCUT2D eigenvalue weighted by Gasteiger charge is -2.11. The minimum atomic E-state index is -0.554. The molecule has 0 saturated carbocycles. The van der Waals surface area contributed by atoms with Gasteiger partial charge >= 0.3 is 0 Å². The molecule has 1 aromatic heterocycles. The number of amides is 1. The zero-order chi connectivity index (χ0) is 26.2. The average Bonchev–Trinajstić information content (AvgIpc) is 3.35. The summed E-state index contributed by atoms with van der Waals surface area (Å²) in [5, 5.41) is 13.7. The van der Waals surface area contributed by atoms with Gasteiger partial charge in [-0.15, -0.1) is 11.3 Å². The third-order valence-corrected chi connectivity index (χ3v) is 6.89. The number of thiazole rings is 1. The van der Waals surface area contributed by atoms with Crippen molar-refractivity contribution in [1.29, 1.82) is 5.26 Å². The highest BCUT2D eigenvalue weighted by atomic mass is 35.5. The first-order valence-corrected chi connectivity index (χ1v) is 12.7. The van der Waals surface area contributed by atoms with E-state index in [-0.39, 0.29) is 5.57 Å². The van der Waals surface area contributed by atoms with E-state index in [0.717, 1.165) is 16.0 Å². The Morgan fingerprint density at radius 1 is 1.05 bits per heavy atom. The molecule has 0 atom stereocenters. The van der Waals surface area contributed by atoms with E-state index >= 15 is 0 Å². The number of carbonyl (C=O) groups excluding carboxylic acids is 1. The number of benzene rings is 3. The SMILES string of the molecule is COc1cc(/C=C(\C#N)C(=O)Nc2ncc(Cc3ccc(Cl)c(Cl)c3)s2)ccc1OCc1ccccc1. The number of halogens is 2. The van der Waals surface area contributed by atoms with E-state index in [9.17, 15) is 10.1 Å². The van der Waals surface area contributed by atoms with E-state index in [1.807, 2.05) is 42.5 Å². The van der Waals surface area contributed by atoms with Crippen LogP contribution in [-0.4, -0.2) is 18.0 Å². The molecule has 0 radical (unpaired) electrons. The van der Waals surface area contributed by atoms with E-state index in [4.69, 9.17) is 32.7 Å². The quantitative estimate of drug-likeness (QED) is 0.176. The van der Waals surface area contributed by atoms with Crippen LogP contribution in [0.3, 0.4) is 0 Å². The van der Waals surface area contributed by atoms with Gasteiger partial charge in [0.1, 0.15) is 18.2 Å². The lowest BCUT2D eigenvalue weighted by molar-refractivity contribution is -0.112. The van der Waals surface area contributed by atoms with Gasteiger partial charge in [-0.3, -0.25) is 10.1 Å². The summed E-state index contributed by atoms with van der Waals surface area (Å²) in [6, 6.07) is 22.4. The predicted octanol–water partition coefficient (Wildman–Crippen LogP) is 7.17. The molecular weight excluding hydrogens is 529 g/mol. The van der Waals surface area contributed by atoms with Crippen LogP contribution in [0, 0.1) is 11.3 Å². The van der Waals surface area contributed by atoms with Gasteiger partial charge in [0.05, 0.1) is 17.2 Å². The smallest absolute Gasteiger partial charge is 0.268 e. The standard InChI is InChI=1S/C28H21Cl2N3O3S/c1-35-26-14-19(8-10-25(26)36-17-18-5-3-2-4-6-18)11-21(15-31)27(34)33-28-32-16-22(37-28)12-20-7-9-23(29)24(30)13-20/h2-11,13-14,16H,12,17H2,1H3,(H,32,33,34)/b21-11+. The van der Waals surface area contributed by atoms with E-state index in [1.54, 1.807) is 36.5 Å². The zero-order valence-corrected chi connectivity index (χ0v) is 22.0. The number of nitrogens with one attached hydrogen (secondary N) is 1. The van der Waals surface area contributed by atoms with Crippen molar-refractivity contribution in [3.8, 4) is 17.6 Å². The Balaban J connectivity index is 1.42. The summed E-state index contributed by atoms with van der Waals surface area (Å²) in [6.07, 6.45) is 3.75. The summed E-state index contributed by atoms with van der Waals surface area (Å²) >= 11 is 13.4. The second-order valence-electron chi connectivity index (χ2n) is 7.87. The summed E-state index contributed by atoms with van der Waals surface area (Å²) in [5.41, 5.74) is 2.55. The summed E-state index contributed by atoms with van der Waals surface area (Å²) in [5.74, 6) is 0.499. The summed E-state index contributed by atoms with van der Waals surface area (Å²) in [4.78, 5) is 17.9. The van der Waals surface area contributed by atoms with Gasteiger partial charge in [0.25, 0.3) is 5.91 Å². The molecule has 6 nitrogen and oxygen atoms in total. The Labute approximate surface area is 228 Å². The molecule has 1 amide bonds. The number of ether oxygens (including phenoxy) is 2. The first kappa shape index (κ1) is 26.2. The van der Waals surface area contributed by atoms with Gasteiger partial charge in [0, 0.05) is 17.5 Å². The molecule has 0 fully saturated rings. The fourth-order valence-electron chi connectivity index (χ4n) is 3.41. The molecule has 0 aliphatic rings. The molecule has 0 spiro atoms. The van der Waals surface area contributed by atoms with E-state index in [1.165, 1.54) is 24.5 Å². The van der Waals surface area contributed by atoms with Crippen LogP contribution in [0.25, 0.3) is 6.08 Å². The maximum absolute atomic E-state index is 12.8. The Morgan fingerprint density at radius 2 is 1.86 bits per heavy atom. The van der Waals surface area contributed by atoms with Crippen molar-refractivity contribution in [3.05, 3.63) is 110 Å². The number of carbonyl (C=O) groups is 1. The molecule has 4 aromatic rings. The molecule has 37 heavy (non-hydrogen) atoms. The van der Waals surface area contributed by atoms with Crippen molar-refractivity contribution < 1.29 is 14.3 Å². The molecule has 186 valence electrons. The second kappa shape index (κ2) is 12.4. The number of hydrogen-bond donors (Lipinski definition) is 1. The van der Waals surface area contributed by atoms with Crippen molar-refractivity contribution in [2.24, 2.45) is 0 Å². The number of nitriles is 1. The normalized spacial score (nSPS) is 11.0. The summed E-state index contributed by atoms with van der Waals surface area (Å²) < 4.78 is 11.3. The molecular formula is C28H21Cl2N3O3S. The fourth-order valence-corrected chi connectivity index (χ4v) is 4.57. The van der Waals surface area contributed by atoms with Crippen LogP contribution in [0.5, 0.6) is 11.5 Å². The third kappa shape index (κ3) is 7.11. The molecule has 9 heteroatoms. The largest absolute Gasteiger partial charge is 0.493 e. The Morgan fingerprint density at radius 3 is 2.59 bits per heavy atom. The van der Waals surface area contributed by atoms with Crippen molar-refractivity contribution in [2.75, 3.05) is 12.4 Å². The third-order valence-electron chi connectivity index (χ3n) is 5.24. The molecule has 0 aliphatic carbocycles. The maximum atomic E-state index is 12.8. The highest BCUT2D eigenvalue weighted by molar-refractivity contribution is 7.15. The van der Waals surface area contributed by atoms with Crippen LogP contribution in [0.2, 0.25) is 10.0 Å². The Hall–Kier alpha value is -3.83. The molecule has 0 unspecified atom stereocenters. The van der Waals surface area contributed by atoms with Crippen LogP contribution >= 0.6 is 34.5 Å². The molecule has 0 bridgehead atoms. The van der Waals surface area contributed by atoms with Gasteiger partial charge in [-0.1, -0.05) is 65.7 Å². The van der Waals surface area contributed by atoms with Gasteiger partial charge in [-0.05, 0) is 47.0 Å². The first-order chi connectivity index (χ1) is 17.9. The number of rotatable bonds is 9. The summed E-state index contributed by atoms with van der Waals surface area (Å²) in [6.45, 7) is 0.388. The van der Waals surface area contributed by atoms with Crippen molar-refractivity contribution in [2.45, 2.75) is 13.0 Å². The van der Waals surface area contributed by atoms with Crippen LogP contribution in [0.4, 0.5) is 5.13 Å². The number of nitrogens with zero attached hydrogens (tertiary/aromatic N) is 2. The maximum Gasteiger partial charge on any atom is 0.268 e. The highest BCUT2D eigenvalue weighted by Crippen LogP contribution is 2.30. The zero-order valence-electron chi connectivity index (χ0n) is 19.7.